The molecule has 0 saturated carbocycles. The normalized spacial score (nSPS) is 17.5. The summed E-state index contributed by atoms with van der Waals surface area (Å²) in [5.74, 6) is 0.936. The molecule has 1 unspecified atom stereocenters. The zero-order valence-corrected chi connectivity index (χ0v) is 13.5. The van der Waals surface area contributed by atoms with Crippen LogP contribution < -0.4 is 10.1 Å². The van der Waals surface area contributed by atoms with Gasteiger partial charge in [0.15, 0.2) is 0 Å². The fraction of sp³-hybridized carbons (Fsp3) is 0.471. The predicted molar refractivity (Wildman–Crippen MR) is 88.1 cm³/mol. The Hall–Kier alpha value is -1.39. The number of aromatic nitrogens is 1. The van der Waals surface area contributed by atoms with Crippen LogP contribution in [0.3, 0.4) is 0 Å². The van der Waals surface area contributed by atoms with Gasteiger partial charge in [0.1, 0.15) is 10.8 Å². The second-order valence-corrected chi connectivity index (χ2v) is 6.34. The predicted octanol–water partition coefficient (Wildman–Crippen LogP) is 4.20. The molecule has 0 aliphatic heterocycles. The third kappa shape index (κ3) is 2.97. The van der Waals surface area contributed by atoms with Crippen molar-refractivity contribution in [1.29, 1.82) is 0 Å². The van der Waals surface area contributed by atoms with E-state index in [1.165, 1.54) is 23.4 Å². The molecule has 3 nitrogen and oxygen atoms in total. The minimum absolute atomic E-state index is 0.419. The molecule has 1 aromatic heterocycles. The van der Waals surface area contributed by atoms with Crippen molar-refractivity contribution in [2.24, 2.45) is 0 Å². The quantitative estimate of drug-likeness (QED) is 0.899. The summed E-state index contributed by atoms with van der Waals surface area (Å²) < 4.78 is 5.75. The van der Waals surface area contributed by atoms with Crippen molar-refractivity contribution in [1.82, 2.24) is 10.3 Å². The number of hydrogen-bond acceptors (Lipinski definition) is 4. The van der Waals surface area contributed by atoms with E-state index < -0.39 is 0 Å². The Balaban J connectivity index is 1.97. The average molecular weight is 302 g/mol. The number of ether oxygens (including phenoxy) is 1. The molecule has 1 aromatic carbocycles. The second kappa shape index (κ2) is 6.58. The third-order valence-corrected chi connectivity index (χ3v) is 4.99. The van der Waals surface area contributed by atoms with Crippen LogP contribution >= 0.6 is 11.3 Å². The fourth-order valence-electron chi connectivity index (χ4n) is 2.90. The third-order valence-electron chi connectivity index (χ3n) is 3.82. The molecule has 0 spiro atoms. The number of aryl methyl sites for hydroxylation is 1. The van der Waals surface area contributed by atoms with Crippen LogP contribution in [0.25, 0.3) is 10.6 Å². The lowest BCUT2D eigenvalue weighted by Gasteiger charge is -2.21. The van der Waals surface area contributed by atoms with Gasteiger partial charge >= 0.3 is 0 Å². The minimum atomic E-state index is 0.419. The molecule has 1 heterocycles. The van der Waals surface area contributed by atoms with Gasteiger partial charge in [0.05, 0.1) is 23.9 Å². The zero-order valence-electron chi connectivity index (χ0n) is 12.7. The topological polar surface area (TPSA) is 34.1 Å². The maximum Gasteiger partial charge on any atom is 0.129 e. The summed E-state index contributed by atoms with van der Waals surface area (Å²) in [4.78, 5) is 6.38. The molecule has 1 atom stereocenters. The molecule has 2 aromatic rings. The van der Waals surface area contributed by atoms with E-state index in [1.54, 1.807) is 0 Å². The molecule has 1 aliphatic rings. The van der Waals surface area contributed by atoms with Crippen LogP contribution in [-0.4, -0.2) is 18.1 Å². The van der Waals surface area contributed by atoms with Gasteiger partial charge in [0, 0.05) is 4.88 Å². The minimum Gasteiger partial charge on any atom is -0.493 e. The van der Waals surface area contributed by atoms with E-state index >= 15 is 0 Å². The van der Waals surface area contributed by atoms with E-state index in [0.29, 0.717) is 12.6 Å². The molecule has 3 rings (SSSR count). The monoisotopic (exact) mass is 302 g/mol. The summed E-state index contributed by atoms with van der Waals surface area (Å²) in [6, 6.07) is 8.63. The molecule has 0 radical (unpaired) electrons. The van der Waals surface area contributed by atoms with Crippen LogP contribution in [0.2, 0.25) is 0 Å². The maximum absolute atomic E-state index is 5.75. The number of para-hydroxylation sites is 1. The highest BCUT2D eigenvalue weighted by Crippen LogP contribution is 2.39. The smallest absolute Gasteiger partial charge is 0.129 e. The van der Waals surface area contributed by atoms with E-state index in [2.05, 4.69) is 24.4 Å². The molecule has 1 N–H and O–H groups in total. The van der Waals surface area contributed by atoms with Crippen molar-refractivity contribution < 1.29 is 4.74 Å². The summed E-state index contributed by atoms with van der Waals surface area (Å²) >= 11 is 1.83. The number of nitrogens with zero attached hydrogens (tertiary/aromatic N) is 1. The van der Waals surface area contributed by atoms with Crippen LogP contribution in [0.5, 0.6) is 5.75 Å². The molecule has 0 amide bonds. The van der Waals surface area contributed by atoms with Crippen LogP contribution in [0, 0.1) is 0 Å². The van der Waals surface area contributed by atoms with E-state index in [4.69, 9.17) is 9.72 Å². The maximum atomic E-state index is 5.75. The van der Waals surface area contributed by atoms with Crippen molar-refractivity contribution in [3.05, 3.63) is 34.8 Å². The Morgan fingerprint density at radius 2 is 2.19 bits per heavy atom. The average Bonchev–Trinajstić information content (AvgIpc) is 2.93. The van der Waals surface area contributed by atoms with Gasteiger partial charge < -0.3 is 10.1 Å². The highest BCUT2D eigenvalue weighted by molar-refractivity contribution is 7.15. The highest BCUT2D eigenvalue weighted by atomic mass is 32.1. The summed E-state index contributed by atoms with van der Waals surface area (Å²) in [7, 11) is 0. The van der Waals surface area contributed by atoms with Crippen molar-refractivity contribution in [2.75, 3.05) is 13.2 Å². The molecule has 112 valence electrons. The van der Waals surface area contributed by atoms with Gasteiger partial charge in [0.25, 0.3) is 0 Å². The molecule has 21 heavy (non-hydrogen) atoms. The SMILES string of the molecule is CCNC1CCCc2sc(-c3ccccc3OCC)nc21. The summed E-state index contributed by atoms with van der Waals surface area (Å²) in [5, 5.41) is 4.65. The van der Waals surface area contributed by atoms with Gasteiger partial charge in [-0.25, -0.2) is 4.98 Å². The number of fused-ring (bicyclic) bond motifs is 1. The number of thiazole rings is 1. The number of hydrogen-bond donors (Lipinski definition) is 1. The Morgan fingerprint density at radius 1 is 1.33 bits per heavy atom. The van der Waals surface area contributed by atoms with E-state index in [1.807, 2.05) is 30.4 Å². The number of rotatable bonds is 5. The Morgan fingerprint density at radius 3 is 3.00 bits per heavy atom. The van der Waals surface area contributed by atoms with Gasteiger partial charge in [-0.05, 0) is 44.9 Å². The number of nitrogens with one attached hydrogen (secondary N) is 1. The fourth-order valence-corrected chi connectivity index (χ4v) is 4.10. The van der Waals surface area contributed by atoms with E-state index in [9.17, 15) is 0 Å². The van der Waals surface area contributed by atoms with E-state index in [-0.39, 0.29) is 0 Å². The Bertz CT molecular complexity index is 609. The molecule has 0 saturated heterocycles. The summed E-state index contributed by atoms with van der Waals surface area (Å²) in [6.07, 6.45) is 3.60. The first-order chi connectivity index (χ1) is 10.3. The molecule has 4 heteroatoms. The van der Waals surface area contributed by atoms with Crippen LogP contribution in [-0.2, 0) is 6.42 Å². The number of benzene rings is 1. The van der Waals surface area contributed by atoms with Crippen LogP contribution in [0.4, 0.5) is 0 Å². The van der Waals surface area contributed by atoms with Crippen molar-refractivity contribution in [3.8, 4) is 16.3 Å². The van der Waals surface area contributed by atoms with Crippen LogP contribution in [0.1, 0.15) is 43.3 Å². The van der Waals surface area contributed by atoms with Gasteiger partial charge in [-0.2, -0.15) is 0 Å². The van der Waals surface area contributed by atoms with Gasteiger partial charge in [0.2, 0.25) is 0 Å². The Labute approximate surface area is 130 Å². The molecule has 0 fully saturated rings. The van der Waals surface area contributed by atoms with Crippen LogP contribution in [0.15, 0.2) is 24.3 Å². The molecular formula is C17H22N2OS. The van der Waals surface area contributed by atoms with Gasteiger partial charge in [-0.15, -0.1) is 11.3 Å². The first-order valence-corrected chi connectivity index (χ1v) is 8.60. The van der Waals surface area contributed by atoms with Gasteiger partial charge in [-0.3, -0.25) is 0 Å². The van der Waals surface area contributed by atoms with Gasteiger partial charge in [-0.1, -0.05) is 19.1 Å². The largest absolute Gasteiger partial charge is 0.493 e. The first-order valence-electron chi connectivity index (χ1n) is 7.78. The lowest BCUT2D eigenvalue weighted by atomic mass is 9.97. The zero-order chi connectivity index (χ0) is 14.7. The highest BCUT2D eigenvalue weighted by Gasteiger charge is 2.25. The molecule has 0 bridgehead atoms. The van der Waals surface area contributed by atoms with Crippen molar-refractivity contribution >= 4 is 11.3 Å². The standard InChI is InChI=1S/C17H22N2OS/c1-3-18-13-9-7-11-15-16(13)19-17(21-15)12-8-5-6-10-14(12)20-4-2/h5-6,8,10,13,18H,3-4,7,9,11H2,1-2H3. The molecule has 1 aliphatic carbocycles. The van der Waals surface area contributed by atoms with Crippen molar-refractivity contribution in [3.63, 3.8) is 0 Å². The van der Waals surface area contributed by atoms with E-state index in [0.717, 1.165) is 29.3 Å². The van der Waals surface area contributed by atoms with Crippen molar-refractivity contribution in [2.45, 2.75) is 39.2 Å². The lowest BCUT2D eigenvalue weighted by Crippen LogP contribution is -2.24. The second-order valence-electron chi connectivity index (χ2n) is 5.26. The lowest BCUT2D eigenvalue weighted by molar-refractivity contribution is 0.341. The summed E-state index contributed by atoms with van der Waals surface area (Å²) in [6.45, 7) is 5.85. The first kappa shape index (κ1) is 14.5. The molecular weight excluding hydrogens is 280 g/mol. The Kier molecular flexibility index (Phi) is 4.56. The summed E-state index contributed by atoms with van der Waals surface area (Å²) in [5.41, 5.74) is 2.38.